The molecule has 1 aromatic carbocycles. The molecule has 23 heavy (non-hydrogen) atoms. The third kappa shape index (κ3) is 2.31. The number of para-hydroxylation sites is 1. The molecule has 1 aromatic heterocycles. The van der Waals surface area contributed by atoms with Crippen molar-refractivity contribution in [2.24, 2.45) is 13.0 Å². The molecule has 5 heteroatoms. The molecule has 1 aliphatic rings. The number of fused-ring (bicyclic) bond motifs is 1. The monoisotopic (exact) mass is 314 g/mol. The first-order valence-corrected chi connectivity index (χ1v) is 7.99. The third-order valence-electron chi connectivity index (χ3n) is 4.95. The summed E-state index contributed by atoms with van der Waals surface area (Å²) in [4.78, 5) is 25.7. The Balaban J connectivity index is 2.05. The summed E-state index contributed by atoms with van der Waals surface area (Å²) >= 11 is 0. The van der Waals surface area contributed by atoms with Crippen LogP contribution in [0.25, 0.3) is 10.9 Å². The number of hydrogen-bond donors (Lipinski definition) is 0. The molecule has 1 saturated heterocycles. The van der Waals surface area contributed by atoms with Crippen molar-refractivity contribution in [3.05, 3.63) is 35.5 Å². The lowest BCUT2D eigenvalue weighted by atomic mass is 9.88. The van der Waals surface area contributed by atoms with Crippen molar-refractivity contribution >= 4 is 22.9 Å². The highest BCUT2D eigenvalue weighted by molar-refractivity contribution is 5.97. The van der Waals surface area contributed by atoms with Gasteiger partial charge < -0.3 is 9.30 Å². The van der Waals surface area contributed by atoms with Gasteiger partial charge in [0.25, 0.3) is 0 Å². The van der Waals surface area contributed by atoms with Crippen molar-refractivity contribution < 1.29 is 14.3 Å². The average molecular weight is 314 g/mol. The summed E-state index contributed by atoms with van der Waals surface area (Å²) < 4.78 is 7.16. The fourth-order valence-electron chi connectivity index (χ4n) is 3.59. The van der Waals surface area contributed by atoms with Gasteiger partial charge in [-0.15, -0.1) is 0 Å². The molecule has 0 spiro atoms. The molecular formula is C18H22N2O3. The summed E-state index contributed by atoms with van der Waals surface area (Å²) in [6.07, 6.45) is -0.537. The molecule has 1 fully saturated rings. The Kier molecular flexibility index (Phi) is 3.88. The van der Waals surface area contributed by atoms with E-state index in [4.69, 9.17) is 4.74 Å². The van der Waals surface area contributed by atoms with Crippen molar-refractivity contribution in [2.75, 3.05) is 13.2 Å². The molecule has 0 saturated carbocycles. The van der Waals surface area contributed by atoms with E-state index in [0.717, 1.165) is 22.2 Å². The number of aryl methyl sites for hydroxylation is 1. The second-order valence-electron chi connectivity index (χ2n) is 6.12. The highest BCUT2D eigenvalue weighted by Gasteiger charge is 2.43. The van der Waals surface area contributed by atoms with Gasteiger partial charge in [-0.25, -0.2) is 9.69 Å². The highest BCUT2D eigenvalue weighted by atomic mass is 16.6. The zero-order valence-corrected chi connectivity index (χ0v) is 14.0. The van der Waals surface area contributed by atoms with Crippen molar-refractivity contribution in [1.29, 1.82) is 0 Å². The molecule has 2 unspecified atom stereocenters. The van der Waals surface area contributed by atoms with E-state index in [1.165, 1.54) is 4.90 Å². The Bertz CT molecular complexity index is 778. The Morgan fingerprint density at radius 1 is 1.35 bits per heavy atom. The van der Waals surface area contributed by atoms with Gasteiger partial charge in [0.05, 0.1) is 6.61 Å². The van der Waals surface area contributed by atoms with Crippen molar-refractivity contribution in [2.45, 2.75) is 26.7 Å². The van der Waals surface area contributed by atoms with Gasteiger partial charge in [-0.3, -0.25) is 4.79 Å². The van der Waals surface area contributed by atoms with Gasteiger partial charge in [-0.1, -0.05) is 25.1 Å². The second kappa shape index (κ2) is 5.72. The molecule has 3 rings (SSSR count). The lowest BCUT2D eigenvalue weighted by Crippen LogP contribution is -2.33. The van der Waals surface area contributed by atoms with E-state index in [1.54, 1.807) is 6.92 Å². The van der Waals surface area contributed by atoms with E-state index in [1.807, 2.05) is 26.1 Å². The number of rotatable bonds is 2. The van der Waals surface area contributed by atoms with Crippen molar-refractivity contribution in [3.63, 3.8) is 0 Å². The standard InChI is InChI=1S/C18H22N2O3/c1-5-23-18(22)20-10-14(11(2)17(20)21)16-12(3)19(4)15-9-7-6-8-13(15)16/h6-9,11,14H,5,10H2,1-4H3. The number of nitrogens with zero attached hydrogens (tertiary/aromatic N) is 2. The molecule has 2 heterocycles. The van der Waals surface area contributed by atoms with Gasteiger partial charge in [0.1, 0.15) is 0 Å². The molecule has 0 aliphatic carbocycles. The fourth-order valence-corrected chi connectivity index (χ4v) is 3.59. The summed E-state index contributed by atoms with van der Waals surface area (Å²) in [5.74, 6) is -0.386. The van der Waals surface area contributed by atoms with Gasteiger partial charge >= 0.3 is 6.09 Å². The Labute approximate surface area is 135 Å². The van der Waals surface area contributed by atoms with Crippen LogP contribution in [0.2, 0.25) is 0 Å². The number of carbonyl (C=O) groups is 2. The normalized spacial score (nSPS) is 21.2. The average Bonchev–Trinajstić information content (AvgIpc) is 2.97. The molecule has 122 valence electrons. The van der Waals surface area contributed by atoms with Gasteiger partial charge in [0.15, 0.2) is 0 Å². The van der Waals surface area contributed by atoms with Gasteiger partial charge in [-0.05, 0) is 25.5 Å². The van der Waals surface area contributed by atoms with Gasteiger partial charge in [-0.2, -0.15) is 0 Å². The SMILES string of the molecule is CCOC(=O)N1CC(c2c(C)n(C)c3ccccc23)C(C)C1=O. The third-order valence-corrected chi connectivity index (χ3v) is 4.95. The van der Waals surface area contributed by atoms with E-state index in [0.29, 0.717) is 6.54 Å². The van der Waals surface area contributed by atoms with E-state index < -0.39 is 6.09 Å². The number of amides is 2. The minimum atomic E-state index is -0.537. The molecule has 0 bridgehead atoms. The van der Waals surface area contributed by atoms with Gasteiger partial charge in [0.2, 0.25) is 5.91 Å². The van der Waals surface area contributed by atoms with Crippen molar-refractivity contribution in [1.82, 2.24) is 9.47 Å². The molecule has 5 nitrogen and oxygen atoms in total. The number of benzene rings is 1. The summed E-state index contributed by atoms with van der Waals surface area (Å²) in [5, 5.41) is 1.16. The first-order valence-electron chi connectivity index (χ1n) is 7.99. The predicted octanol–water partition coefficient (Wildman–Crippen LogP) is 3.21. The van der Waals surface area contributed by atoms with Crippen LogP contribution in [0.5, 0.6) is 0 Å². The molecule has 2 aromatic rings. The van der Waals surface area contributed by atoms with Crippen LogP contribution in [0.15, 0.2) is 24.3 Å². The summed E-state index contributed by atoms with van der Waals surface area (Å²) in [5.41, 5.74) is 3.45. The molecule has 0 N–H and O–H groups in total. The lowest BCUT2D eigenvalue weighted by molar-refractivity contribution is -0.129. The zero-order chi connectivity index (χ0) is 16.7. The molecule has 0 radical (unpaired) electrons. The summed E-state index contributed by atoms with van der Waals surface area (Å²) in [6.45, 7) is 6.36. The van der Waals surface area contributed by atoms with E-state index >= 15 is 0 Å². The first kappa shape index (κ1) is 15.6. The second-order valence-corrected chi connectivity index (χ2v) is 6.12. The Morgan fingerprint density at radius 3 is 2.74 bits per heavy atom. The topological polar surface area (TPSA) is 51.5 Å². The number of ether oxygens (including phenoxy) is 1. The fraction of sp³-hybridized carbons (Fsp3) is 0.444. The number of hydrogen-bond acceptors (Lipinski definition) is 3. The van der Waals surface area contributed by atoms with Crippen LogP contribution >= 0.6 is 0 Å². The minimum Gasteiger partial charge on any atom is -0.449 e. The van der Waals surface area contributed by atoms with Crippen LogP contribution in [0, 0.1) is 12.8 Å². The molecule has 1 aliphatic heterocycles. The smallest absolute Gasteiger partial charge is 0.416 e. The number of aromatic nitrogens is 1. The maximum absolute atomic E-state index is 12.5. The molecular weight excluding hydrogens is 292 g/mol. The number of carbonyl (C=O) groups excluding carboxylic acids is 2. The van der Waals surface area contributed by atoms with Crippen LogP contribution in [-0.4, -0.2) is 34.6 Å². The van der Waals surface area contributed by atoms with Crippen LogP contribution < -0.4 is 0 Å². The van der Waals surface area contributed by atoms with E-state index in [2.05, 4.69) is 23.6 Å². The largest absolute Gasteiger partial charge is 0.449 e. The molecule has 2 atom stereocenters. The zero-order valence-electron chi connectivity index (χ0n) is 14.0. The summed E-state index contributed by atoms with van der Waals surface area (Å²) in [7, 11) is 2.03. The number of imide groups is 1. The first-order chi connectivity index (χ1) is 11.0. The minimum absolute atomic E-state index is 0.00185. The van der Waals surface area contributed by atoms with E-state index in [9.17, 15) is 9.59 Å². The number of likely N-dealkylation sites (tertiary alicyclic amines) is 1. The Morgan fingerprint density at radius 2 is 2.04 bits per heavy atom. The summed E-state index contributed by atoms with van der Waals surface area (Å²) in [6, 6.07) is 8.19. The van der Waals surface area contributed by atoms with Crippen molar-refractivity contribution in [3.8, 4) is 0 Å². The Hall–Kier alpha value is -2.30. The van der Waals surface area contributed by atoms with Crippen LogP contribution in [0.4, 0.5) is 4.79 Å². The quantitative estimate of drug-likeness (QED) is 0.855. The van der Waals surface area contributed by atoms with Gasteiger partial charge in [0, 0.05) is 42.0 Å². The van der Waals surface area contributed by atoms with Crippen LogP contribution in [-0.2, 0) is 16.6 Å². The lowest BCUT2D eigenvalue weighted by Gasteiger charge is -2.15. The maximum atomic E-state index is 12.5. The van der Waals surface area contributed by atoms with Crippen LogP contribution in [0.1, 0.15) is 31.0 Å². The predicted molar refractivity (Wildman–Crippen MR) is 88.3 cm³/mol. The van der Waals surface area contributed by atoms with Crippen LogP contribution in [0.3, 0.4) is 0 Å². The maximum Gasteiger partial charge on any atom is 0.416 e. The molecule has 2 amide bonds. The van der Waals surface area contributed by atoms with E-state index in [-0.39, 0.29) is 24.3 Å². The highest BCUT2D eigenvalue weighted by Crippen LogP contribution is 2.40.